The number of rotatable bonds is 8. The second-order valence-corrected chi connectivity index (χ2v) is 17.4. The summed E-state index contributed by atoms with van der Waals surface area (Å²) in [6.07, 6.45) is 0. The van der Waals surface area contributed by atoms with Crippen LogP contribution >= 0.6 is 0 Å². The standard InChI is InChI=1S/C50H36N2OSi/c1-7-19-37(20-8-1)51(38-21-9-2-10-22-38)41-32-34-48-46(35-41)49-50(54(48,43-27-15-5-16-28-43)44-29-17-6-18-30-44)45-33-31-42(36-47(45)53-49)52(39-23-11-3-12-24-39)40-25-13-4-14-26-40/h1-36H. The van der Waals surface area contributed by atoms with Crippen molar-refractivity contribution in [2.45, 2.75) is 0 Å². The molecular formula is C50H36N2OSi. The Bertz CT molecular complexity index is 2580. The van der Waals surface area contributed by atoms with E-state index in [0.717, 1.165) is 56.4 Å². The van der Waals surface area contributed by atoms with Gasteiger partial charge in [-0.3, -0.25) is 0 Å². The van der Waals surface area contributed by atoms with E-state index in [4.69, 9.17) is 4.42 Å². The van der Waals surface area contributed by atoms with E-state index < -0.39 is 8.07 Å². The second-order valence-electron chi connectivity index (χ2n) is 13.7. The SMILES string of the molecule is c1ccc(N(c2ccccc2)c2ccc3c(c2)-c2oc4cc(N(c5ccccc5)c5ccccc5)ccc4c2[Si]3(c2ccccc2)c2ccccc2)cc1. The Hall–Kier alpha value is -6.88. The van der Waals surface area contributed by atoms with Crippen LogP contribution in [0.3, 0.4) is 0 Å². The third kappa shape index (κ3) is 5.11. The maximum absolute atomic E-state index is 7.23. The summed E-state index contributed by atoms with van der Waals surface area (Å²) in [6.45, 7) is 0. The molecule has 0 spiro atoms. The minimum Gasteiger partial charge on any atom is -0.456 e. The van der Waals surface area contributed by atoms with E-state index in [0.29, 0.717) is 0 Å². The molecule has 4 heteroatoms. The van der Waals surface area contributed by atoms with Gasteiger partial charge in [0.2, 0.25) is 0 Å². The summed E-state index contributed by atoms with van der Waals surface area (Å²) in [6, 6.07) is 78.5. The number of nitrogens with zero attached hydrogens (tertiary/aromatic N) is 2. The van der Waals surface area contributed by atoms with E-state index in [1.54, 1.807) is 0 Å². The molecule has 0 aliphatic carbocycles. The van der Waals surface area contributed by atoms with Crippen LogP contribution in [0.4, 0.5) is 34.1 Å². The van der Waals surface area contributed by atoms with Crippen molar-refractivity contribution in [3.63, 3.8) is 0 Å². The minimum atomic E-state index is -2.85. The van der Waals surface area contributed by atoms with Gasteiger partial charge < -0.3 is 14.2 Å². The summed E-state index contributed by atoms with van der Waals surface area (Å²) in [5.74, 6) is 0.963. The molecule has 0 atom stereocenters. The van der Waals surface area contributed by atoms with Gasteiger partial charge in [0.1, 0.15) is 11.3 Å². The molecule has 2 heterocycles. The Morgan fingerprint density at radius 2 is 0.741 bits per heavy atom. The number of hydrogen-bond acceptors (Lipinski definition) is 3. The van der Waals surface area contributed by atoms with Crippen LogP contribution in [0.15, 0.2) is 223 Å². The summed E-state index contributed by atoms with van der Waals surface area (Å²) in [5, 5.41) is 6.50. The van der Waals surface area contributed by atoms with E-state index in [1.165, 1.54) is 20.7 Å². The lowest BCUT2D eigenvalue weighted by Crippen LogP contribution is -2.72. The van der Waals surface area contributed by atoms with E-state index in [-0.39, 0.29) is 0 Å². The number of hydrogen-bond donors (Lipinski definition) is 0. The highest BCUT2D eigenvalue weighted by Gasteiger charge is 2.52. The molecule has 9 aromatic rings. The molecule has 3 nitrogen and oxygen atoms in total. The molecule has 0 N–H and O–H groups in total. The predicted octanol–water partition coefficient (Wildman–Crippen LogP) is 10.7. The Balaban J connectivity index is 1.25. The van der Waals surface area contributed by atoms with Gasteiger partial charge in [0.05, 0.1) is 0 Å². The van der Waals surface area contributed by atoms with Crippen molar-refractivity contribution in [2.75, 3.05) is 9.80 Å². The third-order valence-corrected chi connectivity index (χ3v) is 15.6. The number of para-hydroxylation sites is 4. The minimum absolute atomic E-state index is 0.886. The molecule has 0 saturated heterocycles. The molecule has 0 unspecified atom stereocenters. The fourth-order valence-corrected chi connectivity index (χ4v) is 13.7. The summed E-state index contributed by atoms with van der Waals surface area (Å²) in [4.78, 5) is 4.64. The zero-order chi connectivity index (χ0) is 35.9. The fraction of sp³-hybridized carbons (Fsp3) is 0. The third-order valence-electron chi connectivity index (χ3n) is 10.7. The maximum atomic E-state index is 7.23. The highest BCUT2D eigenvalue weighted by molar-refractivity contribution is 7.23. The van der Waals surface area contributed by atoms with Gasteiger partial charge in [-0.2, -0.15) is 0 Å². The molecule has 0 bridgehead atoms. The lowest BCUT2D eigenvalue weighted by atomic mass is 10.1. The topological polar surface area (TPSA) is 19.6 Å². The first-order valence-corrected chi connectivity index (χ1v) is 20.4. The Labute approximate surface area is 316 Å². The first kappa shape index (κ1) is 31.8. The van der Waals surface area contributed by atoms with Gasteiger partial charge in [-0.05, 0) is 88.4 Å². The van der Waals surface area contributed by atoms with Gasteiger partial charge in [0.15, 0.2) is 8.07 Å². The van der Waals surface area contributed by atoms with E-state index in [9.17, 15) is 0 Å². The fourth-order valence-electron chi connectivity index (χ4n) is 8.45. The van der Waals surface area contributed by atoms with Crippen LogP contribution in [-0.4, -0.2) is 8.07 Å². The van der Waals surface area contributed by atoms with Crippen molar-refractivity contribution in [1.82, 2.24) is 0 Å². The molecule has 54 heavy (non-hydrogen) atoms. The van der Waals surface area contributed by atoms with Gasteiger partial charge in [-0.15, -0.1) is 0 Å². The van der Waals surface area contributed by atoms with Crippen LogP contribution < -0.4 is 30.5 Å². The average molecular weight is 709 g/mol. The lowest BCUT2D eigenvalue weighted by molar-refractivity contribution is 0.635. The van der Waals surface area contributed by atoms with Gasteiger partial charge in [0.25, 0.3) is 0 Å². The number of anilines is 6. The van der Waals surface area contributed by atoms with Crippen LogP contribution in [0.5, 0.6) is 0 Å². The summed E-state index contributed by atoms with van der Waals surface area (Å²) in [5.41, 5.74) is 8.57. The van der Waals surface area contributed by atoms with Gasteiger partial charge in [-0.1, -0.05) is 140 Å². The quantitative estimate of drug-likeness (QED) is 0.147. The zero-order valence-electron chi connectivity index (χ0n) is 29.6. The molecule has 256 valence electrons. The number of fused-ring (bicyclic) bond motifs is 5. The summed E-state index contributed by atoms with van der Waals surface area (Å²) < 4.78 is 7.23. The predicted molar refractivity (Wildman–Crippen MR) is 228 cm³/mol. The van der Waals surface area contributed by atoms with Crippen LogP contribution in [0, 0.1) is 0 Å². The van der Waals surface area contributed by atoms with Crippen LogP contribution in [0.25, 0.3) is 22.3 Å². The van der Waals surface area contributed by atoms with E-state index in [2.05, 4.69) is 228 Å². The highest BCUT2D eigenvalue weighted by Crippen LogP contribution is 2.42. The lowest BCUT2D eigenvalue weighted by Gasteiger charge is -2.31. The highest BCUT2D eigenvalue weighted by atomic mass is 28.3. The monoisotopic (exact) mass is 708 g/mol. The molecule has 1 aliphatic rings. The molecule has 0 radical (unpaired) electrons. The Kier molecular flexibility index (Phi) is 7.82. The first-order chi connectivity index (χ1) is 26.8. The number of furan rings is 1. The largest absolute Gasteiger partial charge is 0.456 e. The Morgan fingerprint density at radius 3 is 1.19 bits per heavy atom. The molecule has 1 aromatic heterocycles. The molecule has 1 aliphatic heterocycles. The molecule has 0 amide bonds. The molecule has 0 saturated carbocycles. The normalized spacial score (nSPS) is 12.6. The van der Waals surface area contributed by atoms with Gasteiger partial charge in [-0.25, -0.2) is 0 Å². The van der Waals surface area contributed by atoms with Crippen LogP contribution in [-0.2, 0) is 0 Å². The van der Waals surface area contributed by atoms with Crippen molar-refractivity contribution >= 4 is 73.9 Å². The molecule has 0 fully saturated rings. The van der Waals surface area contributed by atoms with Crippen molar-refractivity contribution in [3.8, 4) is 11.3 Å². The maximum Gasteiger partial charge on any atom is 0.185 e. The number of benzene rings is 8. The molecular weight excluding hydrogens is 673 g/mol. The van der Waals surface area contributed by atoms with Crippen LogP contribution in [0.1, 0.15) is 0 Å². The second kappa shape index (κ2) is 13.3. The van der Waals surface area contributed by atoms with Crippen molar-refractivity contribution in [1.29, 1.82) is 0 Å². The van der Waals surface area contributed by atoms with Crippen molar-refractivity contribution in [3.05, 3.63) is 218 Å². The smallest absolute Gasteiger partial charge is 0.185 e. The van der Waals surface area contributed by atoms with Crippen LogP contribution in [0.2, 0.25) is 0 Å². The average Bonchev–Trinajstić information content (AvgIpc) is 3.76. The zero-order valence-corrected chi connectivity index (χ0v) is 30.6. The summed E-state index contributed by atoms with van der Waals surface area (Å²) in [7, 11) is -2.85. The molecule has 8 aromatic carbocycles. The van der Waals surface area contributed by atoms with Gasteiger partial charge in [0, 0.05) is 56.3 Å². The first-order valence-electron chi connectivity index (χ1n) is 18.4. The van der Waals surface area contributed by atoms with Crippen molar-refractivity contribution in [2.24, 2.45) is 0 Å². The van der Waals surface area contributed by atoms with Gasteiger partial charge >= 0.3 is 0 Å². The van der Waals surface area contributed by atoms with Crippen molar-refractivity contribution < 1.29 is 4.42 Å². The van der Waals surface area contributed by atoms with E-state index in [1.807, 2.05) is 0 Å². The Morgan fingerprint density at radius 1 is 0.352 bits per heavy atom. The summed E-state index contributed by atoms with van der Waals surface area (Å²) >= 11 is 0. The molecule has 10 rings (SSSR count). The van der Waals surface area contributed by atoms with E-state index >= 15 is 0 Å².